The molecule has 1 atom stereocenters. The zero-order valence-electron chi connectivity index (χ0n) is 22.4. The lowest BCUT2D eigenvalue weighted by molar-refractivity contribution is -0.136. The molecule has 0 spiro atoms. The number of carbonyl (C=O) groups excluding carboxylic acids is 2. The molecule has 4 aromatic rings. The van der Waals surface area contributed by atoms with Gasteiger partial charge in [-0.25, -0.2) is 4.98 Å². The molecule has 0 aliphatic heterocycles. The molecule has 41 heavy (non-hydrogen) atoms. The molecule has 0 saturated carbocycles. The Labute approximate surface area is 250 Å². The van der Waals surface area contributed by atoms with E-state index in [-0.39, 0.29) is 24.8 Å². The van der Waals surface area contributed by atoms with E-state index in [0.29, 0.717) is 17.1 Å². The second kappa shape index (κ2) is 13.2. The number of fused-ring (bicyclic) bond motifs is 1. The van der Waals surface area contributed by atoms with E-state index in [1.54, 1.807) is 12.1 Å². The van der Waals surface area contributed by atoms with E-state index < -0.39 is 11.9 Å². The van der Waals surface area contributed by atoms with E-state index in [1.807, 2.05) is 42.5 Å². The molecule has 5 rings (SSSR count). The van der Waals surface area contributed by atoms with Crippen LogP contribution < -0.4 is 10.6 Å². The summed E-state index contributed by atoms with van der Waals surface area (Å²) in [6.07, 6.45) is 7.23. The number of benzene rings is 3. The van der Waals surface area contributed by atoms with Crippen LogP contribution in [0.25, 0.3) is 15.8 Å². The van der Waals surface area contributed by atoms with Crippen LogP contribution in [-0.4, -0.2) is 34.4 Å². The first-order valence-corrected chi connectivity index (χ1v) is 15.2. The Balaban J connectivity index is 1.36. The van der Waals surface area contributed by atoms with Crippen LogP contribution in [0.4, 0.5) is 5.13 Å². The molecule has 0 saturated heterocycles. The number of hydrogen-bond donors (Lipinski definition) is 3. The topological polar surface area (TPSA) is 108 Å². The molecule has 7 nitrogen and oxygen atoms in total. The van der Waals surface area contributed by atoms with Crippen LogP contribution >= 0.6 is 27.3 Å². The van der Waals surface area contributed by atoms with E-state index >= 15 is 0 Å². The molecular weight excluding hydrogens is 602 g/mol. The van der Waals surface area contributed by atoms with Gasteiger partial charge in [0.25, 0.3) is 5.91 Å². The van der Waals surface area contributed by atoms with Crippen LogP contribution in [0.5, 0.6) is 0 Å². The van der Waals surface area contributed by atoms with Crippen LogP contribution in [0.3, 0.4) is 0 Å². The van der Waals surface area contributed by atoms with Gasteiger partial charge < -0.3 is 15.7 Å². The summed E-state index contributed by atoms with van der Waals surface area (Å²) in [6, 6.07) is 21.2. The number of allylic oxidation sites excluding steroid dienone is 2. The molecule has 9 heteroatoms. The average Bonchev–Trinajstić information content (AvgIpc) is 3.37. The minimum atomic E-state index is -0.966. The Hall–Kier alpha value is -3.82. The van der Waals surface area contributed by atoms with Crippen LogP contribution in [0, 0.1) is 0 Å². The number of nitrogens with zero attached hydrogens (tertiary/aromatic N) is 1. The predicted molar refractivity (Wildman–Crippen MR) is 166 cm³/mol. The Bertz CT molecular complexity index is 1600. The fourth-order valence-corrected chi connectivity index (χ4v) is 6.15. The van der Waals surface area contributed by atoms with Gasteiger partial charge in [0.05, 0.1) is 22.6 Å². The summed E-state index contributed by atoms with van der Waals surface area (Å²) in [5, 5.41) is 15.0. The summed E-state index contributed by atoms with van der Waals surface area (Å²) in [5.74, 6) is -1.92. The summed E-state index contributed by atoms with van der Waals surface area (Å²) < 4.78 is 1.92. The Morgan fingerprint density at radius 1 is 1.00 bits per heavy atom. The third kappa shape index (κ3) is 7.48. The van der Waals surface area contributed by atoms with Gasteiger partial charge in [0.2, 0.25) is 5.91 Å². The highest BCUT2D eigenvalue weighted by atomic mass is 79.9. The second-order valence-corrected chi connectivity index (χ2v) is 12.0. The first kappa shape index (κ1) is 28.7. The molecule has 1 unspecified atom stereocenters. The lowest BCUT2D eigenvalue weighted by Gasteiger charge is -2.18. The number of hydrogen-bond acceptors (Lipinski definition) is 5. The molecule has 210 valence electrons. The number of carboxylic acids is 1. The first-order valence-electron chi connectivity index (χ1n) is 13.6. The van der Waals surface area contributed by atoms with E-state index in [1.165, 1.54) is 35.3 Å². The molecule has 1 aromatic heterocycles. The SMILES string of the molecule is O=C(O)CCNC(=O)c1ccc(CC(C(=O)Nc2nc3cc(Br)ccc3s2)c2ccc(C3=CCCCC3)cc2)cc1. The fourth-order valence-electron chi connectivity index (χ4n) is 4.95. The molecule has 0 bridgehead atoms. The zero-order chi connectivity index (χ0) is 28.8. The maximum atomic E-state index is 13.7. The number of carboxylic acid groups (broad SMARTS) is 1. The summed E-state index contributed by atoms with van der Waals surface area (Å²) in [7, 11) is 0. The van der Waals surface area contributed by atoms with Gasteiger partial charge in [0, 0.05) is 16.6 Å². The number of carbonyl (C=O) groups is 3. The van der Waals surface area contributed by atoms with Gasteiger partial charge in [-0.1, -0.05) is 69.7 Å². The van der Waals surface area contributed by atoms with Crippen molar-refractivity contribution in [2.45, 2.75) is 44.4 Å². The normalized spacial score (nSPS) is 13.8. The van der Waals surface area contributed by atoms with Gasteiger partial charge in [-0.2, -0.15) is 0 Å². The maximum absolute atomic E-state index is 13.7. The van der Waals surface area contributed by atoms with Crippen molar-refractivity contribution in [3.05, 3.63) is 99.5 Å². The minimum absolute atomic E-state index is 0.0633. The van der Waals surface area contributed by atoms with E-state index in [9.17, 15) is 14.4 Å². The smallest absolute Gasteiger partial charge is 0.305 e. The lowest BCUT2D eigenvalue weighted by Crippen LogP contribution is -2.26. The van der Waals surface area contributed by atoms with Gasteiger partial charge in [0.1, 0.15) is 0 Å². The monoisotopic (exact) mass is 631 g/mol. The van der Waals surface area contributed by atoms with E-state index in [0.717, 1.165) is 38.7 Å². The van der Waals surface area contributed by atoms with Gasteiger partial charge >= 0.3 is 5.97 Å². The van der Waals surface area contributed by atoms with Crippen molar-refractivity contribution in [1.29, 1.82) is 0 Å². The van der Waals surface area contributed by atoms with Crippen LogP contribution in [0.1, 0.15) is 65.1 Å². The highest BCUT2D eigenvalue weighted by molar-refractivity contribution is 9.10. The van der Waals surface area contributed by atoms with Crippen LogP contribution in [0.2, 0.25) is 0 Å². The number of aromatic nitrogens is 1. The Kier molecular flexibility index (Phi) is 9.26. The summed E-state index contributed by atoms with van der Waals surface area (Å²) in [4.78, 5) is 41.4. The molecule has 1 aliphatic rings. The molecular formula is C32H30BrN3O4S. The molecule has 0 radical (unpaired) electrons. The standard InChI is InChI=1S/C32H30BrN3O4S/c33-25-14-15-28-27(19-25)35-32(41-28)36-31(40)26(23-12-10-22(11-13-23)21-4-2-1-3-5-21)18-20-6-8-24(9-7-20)30(39)34-17-16-29(37)38/h4,6-15,19,26H,1-3,5,16-18H2,(H,34,39)(H,37,38)(H,35,36,40). The number of anilines is 1. The van der Waals surface area contributed by atoms with Gasteiger partial charge in [0.15, 0.2) is 5.13 Å². The summed E-state index contributed by atoms with van der Waals surface area (Å²) in [5.41, 5.74) is 5.62. The van der Waals surface area contributed by atoms with E-state index in [4.69, 9.17) is 5.11 Å². The van der Waals surface area contributed by atoms with Crippen molar-refractivity contribution in [3.8, 4) is 0 Å². The number of amides is 2. The minimum Gasteiger partial charge on any atom is -0.481 e. The third-order valence-corrected chi connectivity index (χ3v) is 8.60. The number of halogens is 1. The van der Waals surface area contributed by atoms with Gasteiger partial charge in [-0.3, -0.25) is 14.4 Å². The molecule has 0 fully saturated rings. The maximum Gasteiger partial charge on any atom is 0.305 e. The van der Waals surface area contributed by atoms with Gasteiger partial charge in [-0.05, 0) is 84.7 Å². The van der Waals surface area contributed by atoms with Crippen LogP contribution in [0.15, 0.2) is 77.3 Å². The Morgan fingerprint density at radius 2 is 1.78 bits per heavy atom. The fraction of sp³-hybridized carbons (Fsp3) is 0.250. The lowest BCUT2D eigenvalue weighted by atomic mass is 9.88. The van der Waals surface area contributed by atoms with Crippen molar-refractivity contribution in [3.63, 3.8) is 0 Å². The second-order valence-electron chi connectivity index (χ2n) is 10.1. The molecule has 1 heterocycles. The quantitative estimate of drug-likeness (QED) is 0.172. The molecule has 3 aromatic carbocycles. The third-order valence-electron chi connectivity index (χ3n) is 7.15. The van der Waals surface area contributed by atoms with E-state index in [2.05, 4.69) is 49.8 Å². The highest BCUT2D eigenvalue weighted by Crippen LogP contribution is 2.32. The largest absolute Gasteiger partial charge is 0.481 e. The molecule has 1 aliphatic carbocycles. The molecule has 3 N–H and O–H groups in total. The first-order chi connectivity index (χ1) is 19.9. The highest BCUT2D eigenvalue weighted by Gasteiger charge is 2.23. The average molecular weight is 633 g/mol. The van der Waals surface area contributed by atoms with Crippen molar-refractivity contribution in [2.24, 2.45) is 0 Å². The number of aliphatic carboxylic acids is 1. The van der Waals surface area contributed by atoms with Crippen molar-refractivity contribution >= 4 is 66.0 Å². The van der Waals surface area contributed by atoms with Gasteiger partial charge in [-0.15, -0.1) is 0 Å². The summed E-state index contributed by atoms with van der Waals surface area (Å²) in [6.45, 7) is 0.0633. The van der Waals surface area contributed by atoms with Crippen molar-refractivity contribution in [1.82, 2.24) is 10.3 Å². The van der Waals surface area contributed by atoms with Crippen molar-refractivity contribution in [2.75, 3.05) is 11.9 Å². The summed E-state index contributed by atoms with van der Waals surface area (Å²) >= 11 is 4.91. The van der Waals surface area contributed by atoms with Crippen molar-refractivity contribution < 1.29 is 19.5 Å². The predicted octanol–water partition coefficient (Wildman–Crippen LogP) is 7.19. The Morgan fingerprint density at radius 3 is 2.49 bits per heavy atom. The number of thiazole rings is 1. The number of rotatable bonds is 10. The number of nitrogens with one attached hydrogen (secondary N) is 2. The molecule has 2 amide bonds. The zero-order valence-corrected chi connectivity index (χ0v) is 24.8. The van der Waals surface area contributed by atoms with Crippen LogP contribution in [-0.2, 0) is 16.0 Å².